The van der Waals surface area contributed by atoms with Crippen LogP contribution in [0.25, 0.3) is 0 Å². The van der Waals surface area contributed by atoms with Crippen LogP contribution in [0.4, 0.5) is 0 Å². The number of nitrogens with zero attached hydrogens (tertiary/aromatic N) is 1. The van der Waals surface area contributed by atoms with E-state index in [1.54, 1.807) is 18.4 Å². The Kier molecular flexibility index (Phi) is 5.79. The summed E-state index contributed by atoms with van der Waals surface area (Å²) in [6.45, 7) is 3.21. The van der Waals surface area contributed by atoms with Gasteiger partial charge in [0.15, 0.2) is 5.96 Å². The van der Waals surface area contributed by atoms with Crippen molar-refractivity contribution in [1.29, 1.82) is 0 Å². The van der Waals surface area contributed by atoms with Gasteiger partial charge in [-0.05, 0) is 35.0 Å². The highest BCUT2D eigenvalue weighted by atomic mass is 79.9. The summed E-state index contributed by atoms with van der Waals surface area (Å²) in [7, 11) is 1.66. The molecule has 0 saturated heterocycles. The van der Waals surface area contributed by atoms with Crippen molar-refractivity contribution in [2.75, 3.05) is 13.7 Å². The van der Waals surface area contributed by atoms with E-state index in [-0.39, 0.29) is 6.04 Å². The van der Waals surface area contributed by atoms with Gasteiger partial charge in [-0.1, -0.05) is 0 Å². The molecular weight excluding hydrogens is 290 g/mol. The molecule has 1 heterocycles. The van der Waals surface area contributed by atoms with E-state index in [9.17, 15) is 0 Å². The quantitative estimate of drug-likeness (QED) is 0.646. The van der Waals surface area contributed by atoms with Crippen LogP contribution in [-0.4, -0.2) is 25.7 Å². The lowest BCUT2D eigenvalue weighted by molar-refractivity contribution is 0.179. The third-order valence-electron chi connectivity index (χ3n) is 1.85. The fraction of sp³-hybridized carbons (Fsp3) is 0.500. The molecule has 0 amide bonds. The maximum Gasteiger partial charge on any atom is 0.189 e. The molecule has 0 spiro atoms. The van der Waals surface area contributed by atoms with Crippen molar-refractivity contribution >= 4 is 33.2 Å². The van der Waals surface area contributed by atoms with E-state index in [1.165, 1.54) is 4.88 Å². The van der Waals surface area contributed by atoms with Crippen LogP contribution in [0.3, 0.4) is 0 Å². The zero-order valence-electron chi connectivity index (χ0n) is 9.37. The van der Waals surface area contributed by atoms with Crippen LogP contribution in [0.2, 0.25) is 0 Å². The standard InChI is InChI=1S/C10H16BrN3OS/c1-7(6-15-2)14-10(12)13-5-8-3-4-9(11)16-8/h3-4,7H,5-6H2,1-2H3,(H3,12,13,14). The first-order valence-corrected chi connectivity index (χ1v) is 6.52. The third-order valence-corrected chi connectivity index (χ3v) is 3.45. The summed E-state index contributed by atoms with van der Waals surface area (Å²) < 4.78 is 6.10. The molecule has 0 aromatic carbocycles. The van der Waals surface area contributed by atoms with Gasteiger partial charge in [0, 0.05) is 18.0 Å². The summed E-state index contributed by atoms with van der Waals surface area (Å²) in [5.41, 5.74) is 5.74. The maximum absolute atomic E-state index is 5.74. The van der Waals surface area contributed by atoms with Gasteiger partial charge in [0.05, 0.1) is 16.9 Å². The summed E-state index contributed by atoms with van der Waals surface area (Å²) in [5.74, 6) is 0.453. The van der Waals surface area contributed by atoms with Gasteiger partial charge in [0.1, 0.15) is 0 Å². The molecule has 6 heteroatoms. The number of rotatable bonds is 5. The molecule has 1 aromatic rings. The van der Waals surface area contributed by atoms with Crippen LogP contribution >= 0.6 is 27.3 Å². The van der Waals surface area contributed by atoms with Crippen molar-refractivity contribution in [3.8, 4) is 0 Å². The maximum atomic E-state index is 5.74. The highest BCUT2D eigenvalue weighted by molar-refractivity contribution is 9.11. The van der Waals surface area contributed by atoms with E-state index in [1.807, 2.05) is 19.1 Å². The van der Waals surface area contributed by atoms with Crippen molar-refractivity contribution in [1.82, 2.24) is 5.32 Å². The Morgan fingerprint density at radius 1 is 1.69 bits per heavy atom. The zero-order valence-corrected chi connectivity index (χ0v) is 11.8. The van der Waals surface area contributed by atoms with Gasteiger partial charge >= 0.3 is 0 Å². The largest absolute Gasteiger partial charge is 0.383 e. The van der Waals surface area contributed by atoms with Crippen LogP contribution in [0.5, 0.6) is 0 Å². The first-order chi connectivity index (χ1) is 7.61. The molecule has 4 nitrogen and oxygen atoms in total. The minimum Gasteiger partial charge on any atom is -0.383 e. The molecule has 1 rings (SSSR count). The molecular formula is C10H16BrN3OS. The Hall–Kier alpha value is -0.590. The van der Waals surface area contributed by atoms with Gasteiger partial charge in [0.2, 0.25) is 0 Å². The van der Waals surface area contributed by atoms with Crippen molar-refractivity contribution in [3.05, 3.63) is 20.8 Å². The fourth-order valence-corrected chi connectivity index (χ4v) is 2.60. The average molecular weight is 306 g/mol. The van der Waals surface area contributed by atoms with E-state index in [2.05, 4.69) is 26.2 Å². The Morgan fingerprint density at radius 2 is 2.44 bits per heavy atom. The molecule has 0 bridgehead atoms. The Labute approximate surface area is 108 Å². The van der Waals surface area contributed by atoms with E-state index in [0.717, 1.165) is 3.79 Å². The first kappa shape index (κ1) is 13.5. The van der Waals surface area contributed by atoms with Crippen LogP contribution in [0.15, 0.2) is 20.9 Å². The van der Waals surface area contributed by atoms with E-state index >= 15 is 0 Å². The minimum absolute atomic E-state index is 0.170. The van der Waals surface area contributed by atoms with Crippen LogP contribution < -0.4 is 11.1 Å². The second-order valence-electron chi connectivity index (χ2n) is 3.41. The topological polar surface area (TPSA) is 59.6 Å². The molecule has 0 aliphatic heterocycles. The Bertz CT molecular complexity index is 354. The predicted molar refractivity (Wildman–Crippen MR) is 71.8 cm³/mol. The first-order valence-electron chi connectivity index (χ1n) is 4.91. The smallest absolute Gasteiger partial charge is 0.189 e. The second kappa shape index (κ2) is 6.88. The normalized spacial score (nSPS) is 13.8. The summed E-state index contributed by atoms with van der Waals surface area (Å²) in [6.07, 6.45) is 0. The number of guanidine groups is 1. The van der Waals surface area contributed by atoms with Gasteiger partial charge < -0.3 is 15.8 Å². The predicted octanol–water partition coefficient (Wildman–Crippen LogP) is 1.95. The fourth-order valence-electron chi connectivity index (χ4n) is 1.19. The number of hydrogen-bond donors (Lipinski definition) is 2. The van der Waals surface area contributed by atoms with Gasteiger partial charge in [0.25, 0.3) is 0 Å². The lowest BCUT2D eigenvalue weighted by atomic mass is 10.4. The monoisotopic (exact) mass is 305 g/mol. The third kappa shape index (κ3) is 4.96. The summed E-state index contributed by atoms with van der Waals surface area (Å²) in [6, 6.07) is 4.21. The summed E-state index contributed by atoms with van der Waals surface area (Å²) in [5, 5.41) is 3.05. The van der Waals surface area contributed by atoms with Crippen molar-refractivity contribution < 1.29 is 4.74 Å². The molecule has 1 atom stereocenters. The molecule has 0 aliphatic carbocycles. The molecule has 1 unspecified atom stereocenters. The number of methoxy groups -OCH3 is 1. The van der Waals surface area contributed by atoms with Gasteiger partial charge in [-0.25, -0.2) is 4.99 Å². The van der Waals surface area contributed by atoms with Crippen LogP contribution in [0.1, 0.15) is 11.8 Å². The molecule has 3 N–H and O–H groups in total. The number of nitrogens with one attached hydrogen (secondary N) is 1. The molecule has 0 radical (unpaired) electrons. The second-order valence-corrected chi connectivity index (χ2v) is 5.96. The van der Waals surface area contributed by atoms with Crippen molar-refractivity contribution in [2.45, 2.75) is 19.5 Å². The molecule has 0 fully saturated rings. The molecule has 0 saturated carbocycles. The lowest BCUT2D eigenvalue weighted by Gasteiger charge is -2.12. The molecule has 0 aliphatic rings. The number of ether oxygens (including phenoxy) is 1. The molecule has 16 heavy (non-hydrogen) atoms. The van der Waals surface area contributed by atoms with Gasteiger partial charge in [-0.2, -0.15) is 0 Å². The van der Waals surface area contributed by atoms with Gasteiger partial charge in [-0.3, -0.25) is 0 Å². The zero-order chi connectivity index (χ0) is 12.0. The Balaban J connectivity index is 2.39. The molecule has 1 aromatic heterocycles. The number of nitrogens with two attached hydrogens (primary N) is 1. The van der Waals surface area contributed by atoms with E-state index < -0.39 is 0 Å². The Morgan fingerprint density at radius 3 is 3.00 bits per heavy atom. The van der Waals surface area contributed by atoms with E-state index in [4.69, 9.17) is 10.5 Å². The number of halogens is 1. The van der Waals surface area contributed by atoms with E-state index in [0.29, 0.717) is 19.1 Å². The highest BCUT2D eigenvalue weighted by Crippen LogP contribution is 2.22. The van der Waals surface area contributed by atoms with Crippen LogP contribution in [-0.2, 0) is 11.3 Å². The number of hydrogen-bond acceptors (Lipinski definition) is 3. The van der Waals surface area contributed by atoms with Crippen molar-refractivity contribution in [3.63, 3.8) is 0 Å². The number of thiophene rings is 1. The van der Waals surface area contributed by atoms with Gasteiger partial charge in [-0.15, -0.1) is 11.3 Å². The summed E-state index contributed by atoms with van der Waals surface area (Å²) >= 11 is 5.07. The van der Waals surface area contributed by atoms with Crippen molar-refractivity contribution in [2.24, 2.45) is 10.7 Å². The molecule has 90 valence electrons. The average Bonchev–Trinajstić information content (AvgIpc) is 2.61. The lowest BCUT2D eigenvalue weighted by Crippen LogP contribution is -2.40. The minimum atomic E-state index is 0.170. The summed E-state index contributed by atoms with van der Waals surface area (Å²) in [4.78, 5) is 5.42. The highest BCUT2D eigenvalue weighted by Gasteiger charge is 2.02. The number of aliphatic imine (C=N–C) groups is 1. The SMILES string of the molecule is COCC(C)NC(N)=NCc1ccc(Br)s1. The van der Waals surface area contributed by atoms with Crippen LogP contribution in [0, 0.1) is 0 Å².